The zero-order valence-corrected chi connectivity index (χ0v) is 13.3. The van der Waals surface area contributed by atoms with E-state index < -0.39 is 0 Å². The van der Waals surface area contributed by atoms with Crippen LogP contribution in [0.4, 0.5) is 11.4 Å². The molecule has 1 fully saturated rings. The highest BCUT2D eigenvalue weighted by molar-refractivity contribution is 5.48. The van der Waals surface area contributed by atoms with Gasteiger partial charge >= 0.3 is 0 Å². The van der Waals surface area contributed by atoms with E-state index >= 15 is 0 Å². The lowest BCUT2D eigenvalue weighted by Crippen LogP contribution is -2.46. The van der Waals surface area contributed by atoms with E-state index in [-0.39, 0.29) is 10.6 Å². The Bertz CT molecular complexity index is 677. The lowest BCUT2D eigenvalue weighted by Gasteiger charge is -2.36. The Morgan fingerprint density at radius 2 is 1.65 bits per heavy atom. The van der Waals surface area contributed by atoms with E-state index in [1.807, 2.05) is 12.1 Å². The zero-order chi connectivity index (χ0) is 16.2. The van der Waals surface area contributed by atoms with Crippen molar-refractivity contribution < 1.29 is 4.92 Å². The number of nitrogens with zero attached hydrogens (tertiary/aromatic N) is 3. The molecule has 0 spiro atoms. The van der Waals surface area contributed by atoms with E-state index in [4.69, 9.17) is 0 Å². The van der Waals surface area contributed by atoms with Crippen LogP contribution in [0, 0.1) is 17.0 Å². The predicted octanol–water partition coefficient (Wildman–Crippen LogP) is 3.23. The number of hydrogen-bond donors (Lipinski definition) is 0. The van der Waals surface area contributed by atoms with Crippen molar-refractivity contribution in [2.45, 2.75) is 13.5 Å². The van der Waals surface area contributed by atoms with Gasteiger partial charge in [-0.1, -0.05) is 35.9 Å². The first-order valence-electron chi connectivity index (χ1n) is 7.90. The highest BCUT2D eigenvalue weighted by Gasteiger charge is 2.20. The molecule has 0 radical (unpaired) electrons. The fourth-order valence-corrected chi connectivity index (χ4v) is 2.98. The SMILES string of the molecule is Cc1ccc(N2CCN(Cc3ccccc3[N+](=O)[O-])CC2)cc1. The van der Waals surface area contributed by atoms with Crippen LogP contribution in [0.2, 0.25) is 0 Å². The minimum atomic E-state index is -0.294. The Balaban J connectivity index is 1.61. The number of piperazine rings is 1. The van der Waals surface area contributed by atoms with E-state index in [1.165, 1.54) is 11.3 Å². The Morgan fingerprint density at radius 3 is 2.30 bits per heavy atom. The second kappa shape index (κ2) is 6.79. The molecule has 0 N–H and O–H groups in total. The predicted molar refractivity (Wildman–Crippen MR) is 91.8 cm³/mol. The number of anilines is 1. The van der Waals surface area contributed by atoms with Gasteiger partial charge in [-0.15, -0.1) is 0 Å². The van der Waals surface area contributed by atoms with Gasteiger partial charge in [-0.25, -0.2) is 0 Å². The smallest absolute Gasteiger partial charge is 0.273 e. The number of nitro groups is 1. The van der Waals surface area contributed by atoms with Crippen molar-refractivity contribution in [1.82, 2.24) is 4.90 Å². The van der Waals surface area contributed by atoms with Gasteiger partial charge in [-0.2, -0.15) is 0 Å². The molecule has 23 heavy (non-hydrogen) atoms. The molecule has 0 aliphatic carbocycles. The standard InChI is InChI=1S/C18H21N3O2/c1-15-6-8-17(9-7-15)20-12-10-19(11-13-20)14-16-4-2-3-5-18(16)21(22)23/h2-9H,10-14H2,1H3. The number of aryl methyl sites for hydroxylation is 1. The van der Waals surface area contributed by atoms with Crippen LogP contribution in [0.3, 0.4) is 0 Å². The van der Waals surface area contributed by atoms with Crippen molar-refractivity contribution in [2.75, 3.05) is 31.1 Å². The maximum Gasteiger partial charge on any atom is 0.273 e. The molecule has 3 rings (SSSR count). The largest absolute Gasteiger partial charge is 0.369 e. The summed E-state index contributed by atoms with van der Waals surface area (Å²) in [7, 11) is 0. The fourth-order valence-electron chi connectivity index (χ4n) is 2.98. The Morgan fingerprint density at radius 1 is 1.00 bits per heavy atom. The summed E-state index contributed by atoms with van der Waals surface area (Å²) in [6, 6.07) is 15.6. The summed E-state index contributed by atoms with van der Waals surface area (Å²) >= 11 is 0. The molecule has 5 nitrogen and oxygen atoms in total. The Kier molecular flexibility index (Phi) is 4.57. The number of hydrogen-bond acceptors (Lipinski definition) is 4. The molecule has 120 valence electrons. The summed E-state index contributed by atoms with van der Waals surface area (Å²) in [5.41, 5.74) is 3.53. The van der Waals surface area contributed by atoms with Crippen molar-refractivity contribution in [3.63, 3.8) is 0 Å². The van der Waals surface area contributed by atoms with E-state index in [0.29, 0.717) is 6.54 Å². The van der Waals surface area contributed by atoms with E-state index in [9.17, 15) is 10.1 Å². The average Bonchev–Trinajstić information content (AvgIpc) is 2.57. The summed E-state index contributed by atoms with van der Waals surface area (Å²) < 4.78 is 0. The third kappa shape index (κ3) is 3.68. The van der Waals surface area contributed by atoms with Gasteiger partial charge in [0.15, 0.2) is 0 Å². The second-order valence-electron chi connectivity index (χ2n) is 5.98. The van der Waals surface area contributed by atoms with Crippen LogP contribution in [-0.4, -0.2) is 36.0 Å². The highest BCUT2D eigenvalue weighted by Crippen LogP contribution is 2.22. The molecule has 0 unspecified atom stereocenters. The first kappa shape index (κ1) is 15.5. The van der Waals surface area contributed by atoms with Gasteiger partial charge in [0.05, 0.1) is 4.92 Å². The summed E-state index contributed by atoms with van der Waals surface area (Å²) in [4.78, 5) is 15.5. The van der Waals surface area contributed by atoms with Crippen LogP contribution in [0.15, 0.2) is 48.5 Å². The van der Waals surface area contributed by atoms with Gasteiger partial charge in [-0.3, -0.25) is 15.0 Å². The first-order valence-corrected chi connectivity index (χ1v) is 7.90. The van der Waals surface area contributed by atoms with Crippen molar-refractivity contribution in [1.29, 1.82) is 0 Å². The molecule has 0 saturated carbocycles. The van der Waals surface area contributed by atoms with Crippen LogP contribution in [0.1, 0.15) is 11.1 Å². The van der Waals surface area contributed by atoms with Gasteiger partial charge in [0.2, 0.25) is 0 Å². The molecule has 0 aromatic heterocycles. The van der Waals surface area contributed by atoms with Gasteiger partial charge in [0.25, 0.3) is 5.69 Å². The maximum absolute atomic E-state index is 11.1. The molecule has 2 aromatic rings. The van der Waals surface area contributed by atoms with Crippen molar-refractivity contribution in [3.05, 3.63) is 69.8 Å². The van der Waals surface area contributed by atoms with Crippen LogP contribution in [0.5, 0.6) is 0 Å². The van der Waals surface area contributed by atoms with Crippen LogP contribution >= 0.6 is 0 Å². The molecule has 1 saturated heterocycles. The Hall–Kier alpha value is -2.40. The molecule has 1 heterocycles. The van der Waals surface area contributed by atoms with Crippen LogP contribution < -0.4 is 4.90 Å². The quantitative estimate of drug-likeness (QED) is 0.642. The van der Waals surface area contributed by atoms with Crippen LogP contribution in [-0.2, 0) is 6.54 Å². The summed E-state index contributed by atoms with van der Waals surface area (Å²) in [5.74, 6) is 0. The molecule has 0 bridgehead atoms. The van der Waals surface area contributed by atoms with Crippen molar-refractivity contribution in [2.24, 2.45) is 0 Å². The summed E-state index contributed by atoms with van der Waals surface area (Å²) in [6.45, 7) is 6.46. The molecule has 0 amide bonds. The van der Waals surface area contributed by atoms with E-state index in [1.54, 1.807) is 12.1 Å². The topological polar surface area (TPSA) is 49.6 Å². The third-order valence-corrected chi connectivity index (χ3v) is 4.35. The van der Waals surface area contributed by atoms with Crippen molar-refractivity contribution in [3.8, 4) is 0 Å². The summed E-state index contributed by atoms with van der Waals surface area (Å²) in [5, 5.41) is 11.1. The molecular formula is C18H21N3O2. The van der Waals surface area contributed by atoms with Gasteiger partial charge in [0.1, 0.15) is 0 Å². The number of benzene rings is 2. The van der Waals surface area contributed by atoms with Gasteiger partial charge < -0.3 is 4.90 Å². The van der Waals surface area contributed by atoms with Gasteiger partial charge in [0, 0.05) is 50.0 Å². The molecule has 0 atom stereocenters. The maximum atomic E-state index is 11.1. The third-order valence-electron chi connectivity index (χ3n) is 4.35. The molecule has 1 aliphatic rings. The molecule has 1 aliphatic heterocycles. The highest BCUT2D eigenvalue weighted by atomic mass is 16.6. The average molecular weight is 311 g/mol. The number of rotatable bonds is 4. The molecular weight excluding hydrogens is 290 g/mol. The van der Waals surface area contributed by atoms with Crippen molar-refractivity contribution >= 4 is 11.4 Å². The lowest BCUT2D eigenvalue weighted by atomic mass is 10.1. The summed E-state index contributed by atoms with van der Waals surface area (Å²) in [6.07, 6.45) is 0. The zero-order valence-electron chi connectivity index (χ0n) is 13.3. The van der Waals surface area contributed by atoms with E-state index in [2.05, 4.69) is 41.0 Å². The first-order chi connectivity index (χ1) is 11.1. The lowest BCUT2D eigenvalue weighted by molar-refractivity contribution is -0.385. The normalized spacial score (nSPS) is 15.6. The Labute approximate surface area is 136 Å². The fraction of sp³-hybridized carbons (Fsp3) is 0.333. The van der Waals surface area contributed by atoms with E-state index in [0.717, 1.165) is 31.7 Å². The van der Waals surface area contributed by atoms with Gasteiger partial charge in [-0.05, 0) is 19.1 Å². The minimum absolute atomic E-state index is 0.216. The number of nitro benzene ring substituents is 1. The molecule has 2 aromatic carbocycles. The monoisotopic (exact) mass is 311 g/mol. The molecule has 5 heteroatoms. The second-order valence-corrected chi connectivity index (χ2v) is 5.98. The van der Waals surface area contributed by atoms with Crippen LogP contribution in [0.25, 0.3) is 0 Å². The minimum Gasteiger partial charge on any atom is -0.369 e. The number of para-hydroxylation sites is 1.